The summed E-state index contributed by atoms with van der Waals surface area (Å²) < 4.78 is 6.62. The molecule has 1 saturated heterocycles. The van der Waals surface area contributed by atoms with Crippen molar-refractivity contribution in [2.24, 2.45) is 0 Å². The molecule has 1 heterocycles. The maximum atomic E-state index is 5.79. The van der Waals surface area contributed by atoms with Crippen LogP contribution in [-0.4, -0.2) is 30.7 Å². The second-order valence-corrected chi connectivity index (χ2v) is 5.48. The maximum Gasteiger partial charge on any atom is 0.0674 e. The first-order valence-corrected chi connectivity index (χ1v) is 6.82. The van der Waals surface area contributed by atoms with E-state index in [1.807, 2.05) is 6.07 Å². The van der Waals surface area contributed by atoms with Gasteiger partial charge in [-0.05, 0) is 47.0 Å². The molecule has 1 unspecified atom stereocenters. The third kappa shape index (κ3) is 3.69. The van der Waals surface area contributed by atoms with E-state index < -0.39 is 0 Å². The minimum absolute atomic E-state index is 0.328. The van der Waals surface area contributed by atoms with Crippen LogP contribution in [0.5, 0.6) is 0 Å². The maximum absolute atomic E-state index is 5.79. The van der Waals surface area contributed by atoms with Crippen molar-refractivity contribution in [3.63, 3.8) is 0 Å². The Morgan fingerprint density at radius 3 is 3.12 bits per heavy atom. The zero-order valence-electron chi connectivity index (χ0n) is 10.2. The number of nitrogens with two attached hydrogens (primary N) is 1. The van der Waals surface area contributed by atoms with Crippen LogP contribution in [0.4, 0.5) is 5.69 Å². The number of benzene rings is 1. The topological polar surface area (TPSA) is 38.5 Å². The zero-order chi connectivity index (χ0) is 12.3. The smallest absolute Gasteiger partial charge is 0.0674 e. The Kier molecular flexibility index (Phi) is 4.42. The molecule has 1 atom stereocenters. The second-order valence-electron chi connectivity index (χ2n) is 4.63. The van der Waals surface area contributed by atoms with Gasteiger partial charge in [-0.1, -0.05) is 6.07 Å². The van der Waals surface area contributed by atoms with Gasteiger partial charge in [0.1, 0.15) is 0 Å². The molecular weight excluding hydrogens is 280 g/mol. The quantitative estimate of drug-likeness (QED) is 0.853. The van der Waals surface area contributed by atoms with Gasteiger partial charge in [-0.3, -0.25) is 4.90 Å². The molecule has 4 heteroatoms. The van der Waals surface area contributed by atoms with Crippen LogP contribution in [0.25, 0.3) is 0 Å². The van der Waals surface area contributed by atoms with Gasteiger partial charge in [-0.25, -0.2) is 0 Å². The molecule has 0 radical (unpaired) electrons. The number of halogens is 1. The summed E-state index contributed by atoms with van der Waals surface area (Å²) >= 11 is 3.47. The minimum Gasteiger partial charge on any atom is -0.398 e. The Labute approximate surface area is 111 Å². The number of nitrogens with zero attached hydrogens (tertiary/aromatic N) is 1. The van der Waals surface area contributed by atoms with Crippen molar-refractivity contribution in [2.45, 2.75) is 26.0 Å². The van der Waals surface area contributed by atoms with Gasteiger partial charge in [0, 0.05) is 36.4 Å². The number of anilines is 1. The molecule has 3 nitrogen and oxygen atoms in total. The van der Waals surface area contributed by atoms with Crippen LogP contribution in [0.2, 0.25) is 0 Å². The third-order valence-electron chi connectivity index (χ3n) is 3.01. The monoisotopic (exact) mass is 298 g/mol. The van der Waals surface area contributed by atoms with E-state index >= 15 is 0 Å². The van der Waals surface area contributed by atoms with Crippen molar-refractivity contribution in [3.05, 3.63) is 28.2 Å². The lowest BCUT2D eigenvalue weighted by molar-refractivity contribution is 0.0668. The molecule has 0 amide bonds. The summed E-state index contributed by atoms with van der Waals surface area (Å²) in [5, 5.41) is 0. The van der Waals surface area contributed by atoms with E-state index in [1.54, 1.807) is 0 Å². The normalized spacial score (nSPS) is 22.4. The van der Waals surface area contributed by atoms with E-state index in [4.69, 9.17) is 10.5 Å². The van der Waals surface area contributed by atoms with Gasteiger partial charge >= 0.3 is 0 Å². The van der Waals surface area contributed by atoms with Gasteiger partial charge in [-0.15, -0.1) is 0 Å². The highest BCUT2D eigenvalue weighted by Gasteiger charge is 2.15. The predicted octanol–water partition coefficient (Wildman–Crippen LogP) is 2.64. The molecular formula is C13H19BrN2O. The van der Waals surface area contributed by atoms with Crippen LogP contribution >= 0.6 is 15.9 Å². The molecule has 1 aromatic rings. The van der Waals surface area contributed by atoms with Crippen molar-refractivity contribution < 1.29 is 4.74 Å². The lowest BCUT2D eigenvalue weighted by Gasteiger charge is -2.22. The van der Waals surface area contributed by atoms with Crippen LogP contribution in [0, 0.1) is 0 Å². The van der Waals surface area contributed by atoms with E-state index in [2.05, 4.69) is 39.9 Å². The van der Waals surface area contributed by atoms with Crippen molar-refractivity contribution in [1.82, 2.24) is 4.90 Å². The van der Waals surface area contributed by atoms with Gasteiger partial charge < -0.3 is 10.5 Å². The Morgan fingerprint density at radius 1 is 1.53 bits per heavy atom. The molecule has 0 aromatic heterocycles. The Bertz CT molecular complexity index is 384. The highest BCUT2D eigenvalue weighted by molar-refractivity contribution is 9.10. The number of nitrogen functional groups attached to an aromatic ring is 1. The molecule has 0 bridgehead atoms. The number of ether oxygens (including phenoxy) is 1. The summed E-state index contributed by atoms with van der Waals surface area (Å²) in [7, 11) is 0. The molecule has 2 rings (SSSR count). The average Bonchev–Trinajstić information content (AvgIpc) is 2.48. The van der Waals surface area contributed by atoms with Gasteiger partial charge in [0.25, 0.3) is 0 Å². The fourth-order valence-corrected chi connectivity index (χ4v) is 2.58. The highest BCUT2D eigenvalue weighted by atomic mass is 79.9. The summed E-state index contributed by atoms with van der Waals surface area (Å²) in [5.41, 5.74) is 7.87. The van der Waals surface area contributed by atoms with Crippen molar-refractivity contribution in [1.29, 1.82) is 0 Å². The first-order valence-electron chi connectivity index (χ1n) is 6.03. The van der Waals surface area contributed by atoms with Crippen LogP contribution in [0.15, 0.2) is 22.7 Å². The number of hydrogen-bond acceptors (Lipinski definition) is 3. The summed E-state index contributed by atoms with van der Waals surface area (Å²) in [6.07, 6.45) is 1.44. The molecule has 94 valence electrons. The van der Waals surface area contributed by atoms with E-state index in [9.17, 15) is 0 Å². The predicted molar refractivity (Wildman–Crippen MR) is 73.9 cm³/mol. The lowest BCUT2D eigenvalue weighted by Crippen LogP contribution is -2.29. The van der Waals surface area contributed by atoms with Gasteiger partial charge in [-0.2, -0.15) is 0 Å². The molecule has 1 fully saturated rings. The number of hydrogen-bond donors (Lipinski definition) is 1. The van der Waals surface area contributed by atoms with E-state index in [1.165, 1.54) is 5.56 Å². The molecule has 1 aliphatic rings. The average molecular weight is 299 g/mol. The summed E-state index contributed by atoms with van der Waals surface area (Å²) in [6.45, 7) is 6.08. The summed E-state index contributed by atoms with van der Waals surface area (Å²) in [5.74, 6) is 0. The molecule has 17 heavy (non-hydrogen) atoms. The fraction of sp³-hybridized carbons (Fsp3) is 0.538. The minimum atomic E-state index is 0.328. The first kappa shape index (κ1) is 12.9. The van der Waals surface area contributed by atoms with Gasteiger partial charge in [0.05, 0.1) is 6.10 Å². The van der Waals surface area contributed by atoms with Crippen LogP contribution < -0.4 is 5.73 Å². The Morgan fingerprint density at radius 2 is 2.35 bits per heavy atom. The molecule has 0 spiro atoms. The lowest BCUT2D eigenvalue weighted by atomic mass is 10.2. The van der Waals surface area contributed by atoms with Crippen LogP contribution in [0.1, 0.15) is 18.9 Å². The number of rotatable bonds is 2. The Balaban J connectivity index is 2.01. The molecule has 0 saturated carbocycles. The first-order chi connectivity index (χ1) is 8.15. The van der Waals surface area contributed by atoms with E-state index in [0.717, 1.165) is 42.8 Å². The second kappa shape index (κ2) is 5.85. The third-order valence-corrected chi connectivity index (χ3v) is 3.69. The van der Waals surface area contributed by atoms with Crippen LogP contribution in [0.3, 0.4) is 0 Å². The standard InChI is InChI=1S/C13H19BrN2O/c1-10-8-16(5-2-6-17-10)9-11-3-4-13(15)12(14)7-11/h3-4,7,10H,2,5-6,8-9,15H2,1H3. The molecule has 1 aromatic carbocycles. The van der Waals surface area contributed by atoms with Crippen molar-refractivity contribution in [3.8, 4) is 0 Å². The highest BCUT2D eigenvalue weighted by Crippen LogP contribution is 2.21. The van der Waals surface area contributed by atoms with E-state index in [-0.39, 0.29) is 0 Å². The fourth-order valence-electron chi connectivity index (χ4n) is 2.15. The summed E-state index contributed by atoms with van der Waals surface area (Å²) in [4.78, 5) is 2.44. The Hall–Kier alpha value is -0.580. The largest absolute Gasteiger partial charge is 0.398 e. The molecule has 1 aliphatic heterocycles. The van der Waals surface area contributed by atoms with E-state index in [0.29, 0.717) is 6.10 Å². The van der Waals surface area contributed by atoms with Crippen molar-refractivity contribution in [2.75, 3.05) is 25.4 Å². The summed E-state index contributed by atoms with van der Waals surface area (Å²) in [6, 6.07) is 6.15. The van der Waals surface area contributed by atoms with Crippen molar-refractivity contribution >= 4 is 21.6 Å². The van der Waals surface area contributed by atoms with Crippen LogP contribution in [-0.2, 0) is 11.3 Å². The molecule has 0 aliphatic carbocycles. The van der Waals surface area contributed by atoms with Gasteiger partial charge in [0.15, 0.2) is 0 Å². The SMILES string of the molecule is CC1CN(Cc2ccc(N)c(Br)c2)CCCO1. The molecule has 2 N–H and O–H groups in total. The van der Waals surface area contributed by atoms with Gasteiger partial charge in [0.2, 0.25) is 0 Å². The zero-order valence-corrected chi connectivity index (χ0v) is 11.7.